The molecule has 3 rings (SSSR count). The molecular formula is C18H22ClN2O3S+. The van der Waals surface area contributed by atoms with E-state index in [9.17, 15) is 8.42 Å². The largest absolute Gasteiger partial charge is 0.370 e. The number of rotatable bonds is 6. The molecule has 0 saturated carbocycles. The van der Waals surface area contributed by atoms with Crippen molar-refractivity contribution in [1.82, 2.24) is 4.72 Å². The van der Waals surface area contributed by atoms with Gasteiger partial charge in [-0.1, -0.05) is 41.9 Å². The van der Waals surface area contributed by atoms with E-state index in [-0.39, 0.29) is 10.9 Å². The van der Waals surface area contributed by atoms with Gasteiger partial charge in [-0.3, -0.25) is 0 Å². The average Bonchev–Trinajstić information content (AvgIpc) is 2.63. The Balaban J connectivity index is 1.82. The number of morpholine rings is 1. The van der Waals surface area contributed by atoms with Crippen LogP contribution in [0.1, 0.15) is 11.6 Å². The van der Waals surface area contributed by atoms with Gasteiger partial charge in [0.2, 0.25) is 10.0 Å². The predicted octanol–water partition coefficient (Wildman–Crippen LogP) is 1.27. The molecule has 2 aromatic rings. The van der Waals surface area contributed by atoms with E-state index < -0.39 is 10.0 Å². The van der Waals surface area contributed by atoms with Crippen LogP contribution in [0.3, 0.4) is 0 Å². The van der Waals surface area contributed by atoms with Gasteiger partial charge in [-0.05, 0) is 29.8 Å². The van der Waals surface area contributed by atoms with Gasteiger partial charge < -0.3 is 9.64 Å². The van der Waals surface area contributed by atoms with Crippen molar-refractivity contribution in [2.24, 2.45) is 0 Å². The first-order valence-corrected chi connectivity index (χ1v) is 10.1. The van der Waals surface area contributed by atoms with Crippen molar-refractivity contribution in [3.05, 3.63) is 65.2 Å². The van der Waals surface area contributed by atoms with E-state index in [0.717, 1.165) is 18.7 Å². The minimum atomic E-state index is -3.63. The van der Waals surface area contributed by atoms with Crippen LogP contribution < -0.4 is 9.62 Å². The van der Waals surface area contributed by atoms with Crippen LogP contribution in [0.25, 0.3) is 0 Å². The molecule has 0 unspecified atom stereocenters. The maximum absolute atomic E-state index is 12.8. The molecule has 2 N–H and O–H groups in total. The lowest BCUT2D eigenvalue weighted by atomic mass is 10.1. The summed E-state index contributed by atoms with van der Waals surface area (Å²) in [6.45, 7) is 3.86. The van der Waals surface area contributed by atoms with Crippen LogP contribution in [0.5, 0.6) is 0 Å². The fraction of sp³-hybridized carbons (Fsp3) is 0.333. The highest BCUT2D eigenvalue weighted by Crippen LogP contribution is 2.18. The van der Waals surface area contributed by atoms with Gasteiger partial charge in [-0.25, -0.2) is 8.42 Å². The van der Waals surface area contributed by atoms with Gasteiger partial charge in [0.15, 0.2) is 0 Å². The number of benzene rings is 2. The van der Waals surface area contributed by atoms with E-state index in [1.165, 1.54) is 17.0 Å². The highest BCUT2D eigenvalue weighted by atomic mass is 35.5. The lowest BCUT2D eigenvalue weighted by Gasteiger charge is -2.28. The van der Waals surface area contributed by atoms with Crippen molar-refractivity contribution in [2.45, 2.75) is 10.9 Å². The molecule has 0 amide bonds. The summed E-state index contributed by atoms with van der Waals surface area (Å²) in [5.41, 5.74) is 0.957. The molecule has 2 aromatic carbocycles. The summed E-state index contributed by atoms with van der Waals surface area (Å²) in [6, 6.07) is 15.6. The van der Waals surface area contributed by atoms with Crippen LogP contribution in [0, 0.1) is 0 Å². The third-order valence-electron chi connectivity index (χ3n) is 4.32. The number of sulfonamides is 1. The van der Waals surface area contributed by atoms with E-state index in [1.54, 1.807) is 12.1 Å². The zero-order chi connectivity index (χ0) is 17.7. The monoisotopic (exact) mass is 381 g/mol. The molecule has 0 aromatic heterocycles. The van der Waals surface area contributed by atoms with Crippen molar-refractivity contribution < 1.29 is 18.1 Å². The smallest absolute Gasteiger partial charge is 0.241 e. The van der Waals surface area contributed by atoms with E-state index in [2.05, 4.69) is 4.72 Å². The molecule has 25 heavy (non-hydrogen) atoms. The number of halogens is 1. The second-order valence-corrected chi connectivity index (χ2v) is 8.26. The van der Waals surface area contributed by atoms with Gasteiger partial charge in [0.1, 0.15) is 13.1 Å². The number of quaternary nitrogens is 1. The molecule has 1 saturated heterocycles. The standard InChI is InChI=1S/C18H21ClN2O3S/c19-16-6-8-17(9-7-16)25(22,23)20-18(15-4-2-1-3-5-15)14-21-10-12-24-13-11-21/h1-9,18,20H,10-14H2/p+1/t18-/m1/s1. The van der Waals surface area contributed by atoms with Gasteiger partial charge in [-0.2, -0.15) is 4.72 Å². The third kappa shape index (κ3) is 5.03. The Kier molecular flexibility index (Phi) is 6.09. The molecule has 1 fully saturated rings. The third-order valence-corrected chi connectivity index (χ3v) is 6.06. The van der Waals surface area contributed by atoms with Gasteiger partial charge in [0, 0.05) is 5.02 Å². The fourth-order valence-corrected chi connectivity index (χ4v) is 4.29. The van der Waals surface area contributed by atoms with Gasteiger partial charge in [-0.15, -0.1) is 0 Å². The summed E-state index contributed by atoms with van der Waals surface area (Å²) in [5, 5.41) is 0.510. The zero-order valence-electron chi connectivity index (χ0n) is 13.8. The molecule has 1 aliphatic heterocycles. The average molecular weight is 382 g/mol. The highest BCUT2D eigenvalue weighted by Gasteiger charge is 2.26. The Morgan fingerprint density at radius 1 is 1.04 bits per heavy atom. The lowest BCUT2D eigenvalue weighted by Crippen LogP contribution is -3.14. The Labute approximate surface area is 153 Å². The summed E-state index contributed by atoms with van der Waals surface area (Å²) >= 11 is 5.86. The zero-order valence-corrected chi connectivity index (χ0v) is 15.4. The molecule has 5 nitrogen and oxygen atoms in total. The minimum absolute atomic E-state index is 0.217. The Bertz CT molecular complexity index is 776. The molecule has 1 heterocycles. The van der Waals surface area contributed by atoms with Crippen LogP contribution in [0.15, 0.2) is 59.5 Å². The first-order valence-electron chi connectivity index (χ1n) is 8.29. The molecule has 0 aliphatic carbocycles. The Hall–Kier alpha value is -1.44. The van der Waals surface area contributed by atoms with E-state index >= 15 is 0 Å². The summed E-state index contributed by atoms with van der Waals surface area (Å²) in [4.78, 5) is 1.55. The molecular weight excluding hydrogens is 360 g/mol. The summed E-state index contributed by atoms with van der Waals surface area (Å²) in [7, 11) is -3.63. The van der Waals surface area contributed by atoms with Crippen LogP contribution in [0.4, 0.5) is 0 Å². The molecule has 0 radical (unpaired) electrons. The van der Waals surface area contributed by atoms with Crippen LogP contribution in [-0.4, -0.2) is 41.3 Å². The minimum Gasteiger partial charge on any atom is -0.370 e. The SMILES string of the molecule is O=S(=O)(N[C@H](C[NH+]1CCOCC1)c1ccccc1)c1ccc(Cl)cc1. The fourth-order valence-electron chi connectivity index (χ4n) is 2.93. The lowest BCUT2D eigenvalue weighted by molar-refractivity contribution is -0.909. The van der Waals surface area contributed by atoms with E-state index in [0.29, 0.717) is 24.8 Å². The maximum Gasteiger partial charge on any atom is 0.241 e. The van der Waals surface area contributed by atoms with Crippen molar-refractivity contribution in [1.29, 1.82) is 0 Å². The molecule has 1 aliphatic rings. The van der Waals surface area contributed by atoms with Crippen LogP contribution in [0.2, 0.25) is 5.02 Å². The van der Waals surface area contributed by atoms with E-state index in [4.69, 9.17) is 16.3 Å². The van der Waals surface area contributed by atoms with Crippen LogP contribution >= 0.6 is 11.6 Å². The van der Waals surface area contributed by atoms with Gasteiger partial charge >= 0.3 is 0 Å². The first-order chi connectivity index (χ1) is 12.0. The number of hydrogen-bond donors (Lipinski definition) is 2. The Morgan fingerprint density at radius 2 is 1.68 bits per heavy atom. The van der Waals surface area contributed by atoms with Crippen molar-refractivity contribution in [3.8, 4) is 0 Å². The maximum atomic E-state index is 12.8. The molecule has 1 atom stereocenters. The second-order valence-electron chi connectivity index (χ2n) is 6.10. The molecule has 0 spiro atoms. The highest BCUT2D eigenvalue weighted by molar-refractivity contribution is 7.89. The first kappa shape index (κ1) is 18.4. The Morgan fingerprint density at radius 3 is 2.32 bits per heavy atom. The van der Waals surface area contributed by atoms with Crippen molar-refractivity contribution >= 4 is 21.6 Å². The summed E-state index contributed by atoms with van der Waals surface area (Å²) in [6.07, 6.45) is 0. The van der Waals surface area contributed by atoms with Crippen LogP contribution in [-0.2, 0) is 14.8 Å². The predicted molar refractivity (Wildman–Crippen MR) is 97.3 cm³/mol. The number of ether oxygens (including phenoxy) is 1. The number of nitrogens with one attached hydrogen (secondary N) is 2. The van der Waals surface area contributed by atoms with Gasteiger partial charge in [0.25, 0.3) is 0 Å². The normalized spacial score (nSPS) is 17.3. The van der Waals surface area contributed by atoms with Gasteiger partial charge in [0.05, 0.1) is 30.7 Å². The molecule has 134 valence electrons. The topological polar surface area (TPSA) is 59.8 Å². The molecule has 7 heteroatoms. The van der Waals surface area contributed by atoms with Crippen molar-refractivity contribution in [2.75, 3.05) is 32.8 Å². The van der Waals surface area contributed by atoms with E-state index in [1.807, 2.05) is 30.3 Å². The summed E-state index contributed by atoms with van der Waals surface area (Å²) < 4.78 is 33.8. The number of hydrogen-bond acceptors (Lipinski definition) is 3. The summed E-state index contributed by atoms with van der Waals surface area (Å²) in [5.74, 6) is 0. The van der Waals surface area contributed by atoms with Crippen molar-refractivity contribution in [3.63, 3.8) is 0 Å². The quantitative estimate of drug-likeness (QED) is 0.792. The second kappa shape index (κ2) is 8.29. The molecule has 0 bridgehead atoms.